The monoisotopic (exact) mass is 506 g/mol. The first-order valence-corrected chi connectivity index (χ1v) is 12.8. The van der Waals surface area contributed by atoms with E-state index in [-0.39, 0.29) is 11.8 Å². The number of rotatable bonds is 9. The summed E-state index contributed by atoms with van der Waals surface area (Å²) in [4.78, 5) is 25.1. The van der Waals surface area contributed by atoms with Crippen molar-refractivity contribution in [1.29, 1.82) is 0 Å². The fourth-order valence-electron chi connectivity index (χ4n) is 4.70. The number of pyridine rings is 1. The Labute approximate surface area is 213 Å². The second-order valence-corrected chi connectivity index (χ2v) is 10.5. The van der Waals surface area contributed by atoms with Crippen LogP contribution in [-0.2, 0) is 11.2 Å². The van der Waals surface area contributed by atoms with Gasteiger partial charge in [-0.3, -0.25) is 19.8 Å². The Bertz CT molecular complexity index is 1300. The first-order chi connectivity index (χ1) is 17.0. The van der Waals surface area contributed by atoms with Gasteiger partial charge in [-0.15, -0.1) is 11.3 Å². The highest BCUT2D eigenvalue weighted by Gasteiger charge is 2.36. The third-order valence-corrected chi connectivity index (χ3v) is 7.79. The number of Topliss-reactive ketones (excluding diaryl/α,β-unsaturated/α-hetero) is 1. The molecule has 0 aliphatic carbocycles. The molecule has 1 saturated heterocycles. The minimum Gasteiger partial charge on any atom is -0.330 e. The van der Waals surface area contributed by atoms with E-state index in [0.717, 1.165) is 46.3 Å². The van der Waals surface area contributed by atoms with Gasteiger partial charge in [0.1, 0.15) is 12.1 Å². The van der Waals surface area contributed by atoms with Gasteiger partial charge in [0.25, 0.3) is 0 Å². The lowest BCUT2D eigenvalue weighted by Gasteiger charge is -2.45. The smallest absolute Gasteiger partial charge is 0.165 e. The molecule has 0 spiro atoms. The third-order valence-electron chi connectivity index (χ3n) is 6.33. The number of carbonyl (C=O) groups excluding carboxylic acids is 1. The highest BCUT2D eigenvalue weighted by atomic mass is 35.5. The Morgan fingerprint density at radius 3 is 2.71 bits per heavy atom. The number of nitrogens with two attached hydrogens (primary N) is 1. The molecule has 5 rings (SSSR count). The molecule has 4 heterocycles. The first-order valence-electron chi connectivity index (χ1n) is 11.7. The Hall–Kier alpha value is -2.91. The van der Waals surface area contributed by atoms with Crippen molar-refractivity contribution in [2.75, 3.05) is 19.6 Å². The molecule has 9 heteroatoms. The third kappa shape index (κ3) is 5.21. The maximum absolute atomic E-state index is 11.7. The van der Waals surface area contributed by atoms with Gasteiger partial charge in [0.05, 0.1) is 10.9 Å². The van der Waals surface area contributed by atoms with E-state index in [1.54, 1.807) is 24.5 Å². The Kier molecular flexibility index (Phi) is 7.06. The quantitative estimate of drug-likeness (QED) is 0.340. The zero-order valence-electron chi connectivity index (χ0n) is 19.4. The van der Waals surface area contributed by atoms with E-state index in [0.29, 0.717) is 23.9 Å². The number of nitrogens with zero attached hydrogens (tertiary/aromatic N) is 4. The van der Waals surface area contributed by atoms with Gasteiger partial charge in [0.2, 0.25) is 0 Å². The summed E-state index contributed by atoms with van der Waals surface area (Å²) in [5.74, 6) is 1.44. The number of aromatic amines is 1. The molecule has 1 atom stereocenters. The average Bonchev–Trinajstić information content (AvgIpc) is 3.49. The number of hydrogen-bond acceptors (Lipinski definition) is 7. The number of ketones is 1. The topological polar surface area (TPSA) is 101 Å². The van der Waals surface area contributed by atoms with Crippen LogP contribution in [0.5, 0.6) is 0 Å². The molecule has 3 N–H and O–H groups in total. The van der Waals surface area contributed by atoms with E-state index >= 15 is 0 Å². The molecule has 4 aromatic rings. The number of halogens is 1. The van der Waals surface area contributed by atoms with E-state index in [2.05, 4.69) is 43.3 Å². The molecule has 1 fully saturated rings. The van der Waals surface area contributed by atoms with E-state index in [1.165, 1.54) is 17.5 Å². The molecule has 0 radical (unpaired) electrons. The molecule has 180 valence electrons. The van der Waals surface area contributed by atoms with Crippen molar-refractivity contribution in [2.45, 2.75) is 25.8 Å². The van der Waals surface area contributed by atoms with Gasteiger partial charge in [-0.2, -0.15) is 5.10 Å². The lowest BCUT2D eigenvalue weighted by Crippen LogP contribution is -2.49. The van der Waals surface area contributed by atoms with E-state index in [4.69, 9.17) is 17.3 Å². The lowest BCUT2D eigenvalue weighted by molar-refractivity contribution is -0.116. The molecule has 1 aromatic carbocycles. The largest absolute Gasteiger partial charge is 0.330 e. The van der Waals surface area contributed by atoms with Crippen molar-refractivity contribution in [3.8, 4) is 21.1 Å². The molecule has 35 heavy (non-hydrogen) atoms. The Morgan fingerprint density at radius 2 is 2.03 bits per heavy atom. The summed E-state index contributed by atoms with van der Waals surface area (Å²) >= 11 is 7.89. The van der Waals surface area contributed by atoms with Crippen molar-refractivity contribution < 1.29 is 4.79 Å². The summed E-state index contributed by atoms with van der Waals surface area (Å²) in [6.07, 6.45) is 4.66. The number of aromatic nitrogens is 4. The van der Waals surface area contributed by atoms with Crippen LogP contribution in [0.4, 0.5) is 0 Å². The fraction of sp³-hybridized carbons (Fsp3) is 0.308. The Morgan fingerprint density at radius 1 is 1.23 bits per heavy atom. The van der Waals surface area contributed by atoms with Gasteiger partial charge in [-0.25, -0.2) is 4.98 Å². The van der Waals surface area contributed by atoms with Crippen LogP contribution in [0.3, 0.4) is 0 Å². The van der Waals surface area contributed by atoms with Crippen LogP contribution >= 0.6 is 22.9 Å². The molecule has 1 unspecified atom stereocenters. The highest BCUT2D eigenvalue weighted by molar-refractivity contribution is 7.19. The van der Waals surface area contributed by atoms with Crippen molar-refractivity contribution in [1.82, 2.24) is 25.1 Å². The molecule has 3 aromatic heterocycles. The molecule has 0 bridgehead atoms. The maximum Gasteiger partial charge on any atom is 0.165 e. The summed E-state index contributed by atoms with van der Waals surface area (Å²) < 4.78 is 0. The summed E-state index contributed by atoms with van der Waals surface area (Å²) in [5, 5.41) is 7.87. The summed E-state index contributed by atoms with van der Waals surface area (Å²) in [6, 6.07) is 14.4. The van der Waals surface area contributed by atoms with Gasteiger partial charge in [-0.1, -0.05) is 23.7 Å². The first kappa shape index (κ1) is 23.8. The minimum absolute atomic E-state index is 0.0462. The van der Waals surface area contributed by atoms with Crippen LogP contribution in [0.25, 0.3) is 21.1 Å². The van der Waals surface area contributed by atoms with Gasteiger partial charge in [0.15, 0.2) is 5.82 Å². The lowest BCUT2D eigenvalue weighted by atomic mass is 9.88. The van der Waals surface area contributed by atoms with Crippen LogP contribution in [0.2, 0.25) is 5.02 Å². The zero-order valence-corrected chi connectivity index (χ0v) is 21.0. The number of likely N-dealkylation sites (tertiary alicyclic amines) is 1. The van der Waals surface area contributed by atoms with Gasteiger partial charge < -0.3 is 5.73 Å². The molecule has 7 nitrogen and oxygen atoms in total. The van der Waals surface area contributed by atoms with Crippen molar-refractivity contribution >= 4 is 28.7 Å². The minimum atomic E-state index is 0.0462. The molecule has 0 amide bonds. The van der Waals surface area contributed by atoms with E-state index in [9.17, 15) is 4.79 Å². The maximum atomic E-state index is 11.7. The number of nitrogens with one attached hydrogen (secondary N) is 1. The predicted molar refractivity (Wildman–Crippen MR) is 139 cm³/mol. The normalized spacial score (nSPS) is 15.2. The number of H-pyrrole nitrogens is 1. The van der Waals surface area contributed by atoms with E-state index < -0.39 is 0 Å². The molecule has 1 aliphatic heterocycles. The Balaban J connectivity index is 1.60. The molecular formula is C26H27ClN6OS. The number of benzene rings is 1. The fourth-order valence-corrected chi connectivity index (χ4v) is 5.96. The molecule has 0 saturated carbocycles. The van der Waals surface area contributed by atoms with Crippen LogP contribution in [0.1, 0.15) is 36.2 Å². The summed E-state index contributed by atoms with van der Waals surface area (Å²) in [5.41, 5.74) is 9.97. The van der Waals surface area contributed by atoms with Crippen LogP contribution in [0.15, 0.2) is 55.0 Å². The summed E-state index contributed by atoms with van der Waals surface area (Å²) in [7, 11) is 0. The number of carbonyl (C=O) groups is 1. The number of thiophene rings is 1. The second-order valence-electron chi connectivity index (χ2n) is 9.00. The van der Waals surface area contributed by atoms with Crippen LogP contribution in [-0.4, -0.2) is 50.5 Å². The standard InChI is InChI=1S/C26H27ClN6OS/c1-16(34)10-21-11-19(7-9-29-21)23-12-22(25(35-23)26-30-15-31-32-26)24(18-2-4-20(27)5-3-18)33-13-17(14-33)6-8-28/h2-5,7,9,11-12,15,17,24H,6,8,10,13-14,28H2,1H3,(H,30,31,32). The van der Waals surface area contributed by atoms with Crippen molar-refractivity contribution in [3.63, 3.8) is 0 Å². The highest BCUT2D eigenvalue weighted by Crippen LogP contribution is 2.45. The van der Waals surface area contributed by atoms with Crippen LogP contribution < -0.4 is 5.73 Å². The second kappa shape index (κ2) is 10.4. The average molecular weight is 507 g/mol. The zero-order chi connectivity index (χ0) is 24.4. The predicted octanol–water partition coefficient (Wildman–Crippen LogP) is 4.75. The van der Waals surface area contributed by atoms with Crippen molar-refractivity contribution in [2.24, 2.45) is 11.7 Å². The van der Waals surface area contributed by atoms with Gasteiger partial charge in [-0.05, 0) is 72.8 Å². The summed E-state index contributed by atoms with van der Waals surface area (Å²) in [6.45, 7) is 4.27. The molecule has 1 aliphatic rings. The van der Waals surface area contributed by atoms with Gasteiger partial charge >= 0.3 is 0 Å². The van der Waals surface area contributed by atoms with E-state index in [1.807, 2.05) is 24.3 Å². The van der Waals surface area contributed by atoms with Crippen LogP contribution in [0, 0.1) is 5.92 Å². The SMILES string of the molecule is CC(=O)Cc1cc(-c2cc(C(c3ccc(Cl)cc3)N3CC(CCN)C3)c(-c3ncn[nH]3)s2)ccn1. The molecular weight excluding hydrogens is 480 g/mol. The number of hydrogen-bond donors (Lipinski definition) is 2. The van der Waals surface area contributed by atoms with Crippen molar-refractivity contribution in [3.05, 3.63) is 76.8 Å². The van der Waals surface area contributed by atoms with Gasteiger partial charge in [0, 0.05) is 41.3 Å².